The zero-order valence-corrected chi connectivity index (χ0v) is 37.4. The van der Waals surface area contributed by atoms with E-state index in [4.69, 9.17) is 27.9 Å². The Hall–Kier alpha value is -7.04. The first-order valence-electron chi connectivity index (χ1n) is 21.1. The maximum absolute atomic E-state index is 13.6. The van der Waals surface area contributed by atoms with Gasteiger partial charge in [-0.05, 0) is 98.3 Å². The van der Waals surface area contributed by atoms with E-state index in [1.165, 1.54) is 10.6 Å². The highest BCUT2D eigenvalue weighted by Gasteiger charge is 2.52. The molecule has 1 aliphatic carbocycles. The number of benzene rings is 3. The number of nitrogens with one attached hydrogen (secondary N) is 5. The zero-order chi connectivity index (χ0) is 46.2. The molecule has 18 heteroatoms. The highest BCUT2D eigenvalue weighted by Crippen LogP contribution is 2.39. The number of ether oxygens (including phenoxy) is 1. The molecule has 1 fully saturated rings. The SMILES string of the molecule is CC(C)Nc1cc(-c2c[nH]c(C(=O)NC(COC(=O)C3(NC(=O)CCn4ccc5cc(-n6c(-c7cc(C(C)C)c(O)cc7O)n[nH]c6=O)ccc54)CC3)c3cccc(Cl)c3)c2)c(Cl)cn1. The lowest BCUT2D eigenvalue weighted by Crippen LogP contribution is -2.45. The van der Waals surface area contributed by atoms with E-state index >= 15 is 0 Å². The monoisotopic (exact) mass is 919 g/mol. The predicted octanol–water partition coefficient (Wildman–Crippen LogP) is 7.99. The second-order valence-corrected chi connectivity index (χ2v) is 17.6. The number of carbonyl (C=O) groups excluding carboxylic acids is 3. The summed E-state index contributed by atoms with van der Waals surface area (Å²) in [6, 6.07) is 19.8. The number of carbonyl (C=O) groups is 3. The number of aromatic hydroxyl groups is 2. The number of hydrogen-bond donors (Lipinski definition) is 7. The number of anilines is 1. The van der Waals surface area contributed by atoms with Gasteiger partial charge in [-0.3, -0.25) is 9.59 Å². The van der Waals surface area contributed by atoms with Gasteiger partial charge in [0.25, 0.3) is 5.91 Å². The number of pyridine rings is 1. The lowest BCUT2D eigenvalue weighted by molar-refractivity contribution is -0.150. The van der Waals surface area contributed by atoms with E-state index in [1.54, 1.807) is 60.9 Å². The first-order chi connectivity index (χ1) is 31.1. The highest BCUT2D eigenvalue weighted by molar-refractivity contribution is 6.33. The third-order valence-electron chi connectivity index (χ3n) is 11.3. The van der Waals surface area contributed by atoms with Crippen LogP contribution in [-0.4, -0.2) is 75.5 Å². The number of fused-ring (bicyclic) bond motifs is 1. The minimum atomic E-state index is -1.19. The number of phenols is 2. The number of amides is 2. The molecule has 0 bridgehead atoms. The minimum Gasteiger partial charge on any atom is -0.508 e. The van der Waals surface area contributed by atoms with E-state index in [0.717, 1.165) is 10.9 Å². The number of nitrogens with zero attached hydrogens (tertiary/aromatic N) is 4. The van der Waals surface area contributed by atoms with Gasteiger partial charge in [-0.15, -0.1) is 0 Å². The van der Waals surface area contributed by atoms with Crippen LogP contribution in [0, 0.1) is 0 Å². The zero-order valence-electron chi connectivity index (χ0n) is 35.9. The fourth-order valence-corrected chi connectivity index (χ4v) is 8.14. The van der Waals surface area contributed by atoms with Gasteiger partial charge in [-0.2, -0.15) is 5.10 Å². The van der Waals surface area contributed by atoms with E-state index in [2.05, 4.69) is 36.1 Å². The molecular weight excluding hydrogens is 873 g/mol. The third kappa shape index (κ3) is 9.59. The average molecular weight is 921 g/mol. The Bertz CT molecular complexity index is 3000. The Morgan fingerprint density at radius 2 is 1.75 bits per heavy atom. The molecule has 16 nitrogen and oxygen atoms in total. The first-order valence-corrected chi connectivity index (χ1v) is 21.8. The number of rotatable bonds is 16. The third-order valence-corrected chi connectivity index (χ3v) is 11.8. The molecule has 8 rings (SSSR count). The van der Waals surface area contributed by atoms with Gasteiger partial charge in [0.1, 0.15) is 35.2 Å². The highest BCUT2D eigenvalue weighted by atomic mass is 35.5. The Labute approximate surface area is 383 Å². The smallest absolute Gasteiger partial charge is 0.348 e. The Kier molecular flexibility index (Phi) is 12.5. The molecule has 0 saturated heterocycles. The fraction of sp³-hybridized carbons (Fsp3) is 0.277. The number of aryl methyl sites for hydroxylation is 1. The summed E-state index contributed by atoms with van der Waals surface area (Å²) in [5.41, 5.74) is 2.69. The molecule has 7 N–H and O–H groups in total. The number of aromatic amines is 2. The van der Waals surface area contributed by atoms with Gasteiger partial charge in [-0.1, -0.05) is 49.2 Å². The molecule has 0 spiro atoms. The van der Waals surface area contributed by atoms with Crippen LogP contribution in [-0.2, 0) is 20.9 Å². The van der Waals surface area contributed by atoms with Gasteiger partial charge >= 0.3 is 11.7 Å². The molecule has 4 aromatic heterocycles. The van der Waals surface area contributed by atoms with Crippen molar-refractivity contribution >= 4 is 57.7 Å². The van der Waals surface area contributed by atoms with Crippen molar-refractivity contribution in [3.63, 3.8) is 0 Å². The predicted molar refractivity (Wildman–Crippen MR) is 248 cm³/mol. The van der Waals surface area contributed by atoms with Crippen LogP contribution in [0.3, 0.4) is 0 Å². The Morgan fingerprint density at radius 3 is 2.49 bits per heavy atom. The lowest BCUT2D eigenvalue weighted by Gasteiger charge is -2.22. The summed E-state index contributed by atoms with van der Waals surface area (Å²) < 4.78 is 9.05. The fourth-order valence-electron chi connectivity index (χ4n) is 7.72. The lowest BCUT2D eigenvalue weighted by atomic mass is 9.98. The molecule has 7 aromatic rings. The van der Waals surface area contributed by atoms with Crippen LogP contribution < -0.4 is 21.6 Å². The molecule has 1 atom stereocenters. The maximum Gasteiger partial charge on any atom is 0.348 e. The van der Waals surface area contributed by atoms with Gasteiger partial charge in [0.15, 0.2) is 5.82 Å². The second kappa shape index (κ2) is 18.2. The van der Waals surface area contributed by atoms with Crippen molar-refractivity contribution in [2.24, 2.45) is 0 Å². The molecule has 1 saturated carbocycles. The molecule has 0 aliphatic heterocycles. The molecular formula is C47H47Cl2N9O7. The van der Waals surface area contributed by atoms with E-state index < -0.39 is 29.1 Å². The largest absolute Gasteiger partial charge is 0.508 e. The van der Waals surface area contributed by atoms with Crippen molar-refractivity contribution in [3.8, 4) is 39.7 Å². The molecule has 1 aliphatic rings. The Balaban J connectivity index is 0.906. The van der Waals surface area contributed by atoms with E-state index in [-0.39, 0.29) is 59.5 Å². The first kappa shape index (κ1) is 44.6. The van der Waals surface area contributed by atoms with E-state index in [0.29, 0.717) is 63.2 Å². The second-order valence-electron chi connectivity index (χ2n) is 16.7. The quantitative estimate of drug-likeness (QED) is 0.0463. The topological polar surface area (TPSA) is 221 Å². The number of aromatic nitrogens is 6. The van der Waals surface area contributed by atoms with Crippen LogP contribution in [0.5, 0.6) is 11.5 Å². The summed E-state index contributed by atoms with van der Waals surface area (Å²) in [5, 5.41) is 38.5. The summed E-state index contributed by atoms with van der Waals surface area (Å²) in [5.74, 6) is -0.927. The number of halogens is 2. The van der Waals surface area contributed by atoms with E-state index in [1.807, 2.05) is 56.7 Å². The number of phenolic OH excluding ortho intramolecular Hbond substituents is 2. The van der Waals surface area contributed by atoms with Crippen molar-refractivity contribution in [2.75, 3.05) is 11.9 Å². The molecule has 336 valence electrons. The minimum absolute atomic E-state index is 0.0530. The van der Waals surface area contributed by atoms with Crippen molar-refractivity contribution in [1.29, 1.82) is 0 Å². The summed E-state index contributed by atoms with van der Waals surface area (Å²) >= 11 is 12.8. The van der Waals surface area contributed by atoms with Gasteiger partial charge in [0.2, 0.25) is 5.91 Å². The van der Waals surface area contributed by atoms with Crippen LogP contribution >= 0.6 is 23.2 Å². The maximum atomic E-state index is 13.6. The molecule has 2 amide bonds. The van der Waals surface area contributed by atoms with Crippen LogP contribution in [0.4, 0.5) is 5.82 Å². The summed E-state index contributed by atoms with van der Waals surface area (Å²) in [7, 11) is 0. The number of esters is 1. The standard InChI is InChI=1S/C47H47Cl2N9O7/c1-25(2)32-19-34(40(60)21-39(32)59)43-55-56-46(64)58(43)31-8-9-38-28(17-31)10-14-57(38)15-11-42(61)54-47(12-13-47)45(63)65-24-37(27-6-5-7-30(48)16-27)53-44(62)36-18-29(22-50-36)33-20-41(52-26(3)4)51-23-35(33)49/h5-10,14,16-23,25-26,37,50,59-60H,11-13,15,24H2,1-4H3,(H,51,52)(H,53,62)(H,54,61)(H,56,64). The molecule has 65 heavy (non-hydrogen) atoms. The summed E-state index contributed by atoms with van der Waals surface area (Å²) in [6.07, 6.45) is 5.91. The summed E-state index contributed by atoms with van der Waals surface area (Å²) in [4.78, 5) is 61.0. The molecule has 1 unspecified atom stereocenters. The summed E-state index contributed by atoms with van der Waals surface area (Å²) in [6.45, 7) is 7.87. The van der Waals surface area contributed by atoms with Crippen molar-refractivity contribution in [3.05, 3.63) is 129 Å². The molecule has 4 heterocycles. The normalized spacial score (nSPS) is 13.5. The average Bonchev–Trinajstić information content (AvgIpc) is 3.53. The van der Waals surface area contributed by atoms with Gasteiger partial charge in [-0.25, -0.2) is 24.2 Å². The van der Waals surface area contributed by atoms with Crippen molar-refractivity contribution in [2.45, 2.75) is 77.0 Å². The van der Waals surface area contributed by atoms with Gasteiger partial charge in [0, 0.05) is 70.7 Å². The van der Waals surface area contributed by atoms with Crippen LogP contribution in [0.2, 0.25) is 10.0 Å². The van der Waals surface area contributed by atoms with Crippen LogP contribution in [0.15, 0.2) is 96.2 Å². The van der Waals surface area contributed by atoms with Crippen LogP contribution in [0.1, 0.15) is 80.5 Å². The van der Waals surface area contributed by atoms with E-state index in [9.17, 15) is 29.4 Å². The van der Waals surface area contributed by atoms with Crippen molar-refractivity contribution < 1.29 is 29.3 Å². The molecule has 3 aromatic carbocycles. The van der Waals surface area contributed by atoms with Crippen LogP contribution in [0.25, 0.3) is 39.1 Å². The van der Waals surface area contributed by atoms with Gasteiger partial charge in [0.05, 0.1) is 22.3 Å². The molecule has 0 radical (unpaired) electrons. The Morgan fingerprint density at radius 1 is 0.954 bits per heavy atom. The number of H-pyrrole nitrogens is 2. The van der Waals surface area contributed by atoms with Crippen molar-refractivity contribution in [1.82, 2.24) is 39.9 Å². The number of hydrogen-bond acceptors (Lipinski definition) is 10. The van der Waals surface area contributed by atoms with Gasteiger partial charge < -0.3 is 40.5 Å².